The molecule has 2 aliphatic rings. The first-order chi connectivity index (χ1) is 32.7. The molecule has 0 unspecified atom stereocenters. The molecule has 4 N–H and O–H groups in total. The number of rotatable bonds is 12. The van der Waals surface area contributed by atoms with Crippen molar-refractivity contribution in [3.8, 4) is 0 Å². The first-order valence-electron chi connectivity index (χ1n) is 22.0. The average molecular weight is 932 g/mol. The van der Waals surface area contributed by atoms with Gasteiger partial charge in [-0.3, -0.25) is 19.2 Å². The minimum absolute atomic E-state index is 0.102. The molecule has 0 radical (unpaired) electrons. The van der Waals surface area contributed by atoms with E-state index in [9.17, 15) is 41.9 Å². The summed E-state index contributed by atoms with van der Waals surface area (Å²) in [4.78, 5) is 83.7. The fourth-order valence-electron chi connectivity index (χ4n) is 9.01. The third kappa shape index (κ3) is 9.94. The molecule has 6 amide bonds. The molecular weight excluding hydrogens is 884 g/mol. The number of carbonyl (C=O) groups is 6. The number of fused-ring (bicyclic) bond motifs is 3. The van der Waals surface area contributed by atoms with Crippen LogP contribution in [0.2, 0.25) is 0 Å². The molecule has 2 aliphatic heterocycles. The smallest absolute Gasteiger partial charge is 0.416 e. The van der Waals surface area contributed by atoms with Crippen molar-refractivity contribution in [3.63, 3.8) is 0 Å². The largest absolute Gasteiger partial charge is 0.453 e. The molecule has 15 nitrogen and oxygen atoms in total. The molecule has 2 saturated heterocycles. The number of amides is 6. The lowest BCUT2D eigenvalue weighted by molar-refractivity contribution is -0.138. The number of nitrogens with zero attached hydrogens (tertiary/aromatic N) is 3. The maximum absolute atomic E-state index is 14.1. The SMILES string of the molecule is COC(=O)N[C@@H](C(=O)N1CCC[C@H]1C(=O)Nc1ccc2c3ccc(NC(=O)[C@@H]4CCCN4C(=O)[C@H](NC(=O)OC)c4ccccc4)cc3n(Cc3ccc(C(F)(F)F)cc3)c2c1)c1ccccc1. The van der Waals surface area contributed by atoms with Crippen LogP contribution in [-0.2, 0) is 41.4 Å². The zero-order chi connectivity index (χ0) is 48.1. The number of anilines is 2. The normalized spacial score (nSPS) is 16.8. The number of halogens is 3. The molecule has 1 aromatic heterocycles. The summed E-state index contributed by atoms with van der Waals surface area (Å²) < 4.78 is 52.2. The van der Waals surface area contributed by atoms with E-state index >= 15 is 0 Å². The van der Waals surface area contributed by atoms with Crippen molar-refractivity contribution in [2.75, 3.05) is 37.9 Å². The standard InChI is InChI=1S/C50H48F3N7O8/c1-67-48(65)56-42(31-11-5-3-6-12-31)46(63)58-25-9-15-38(58)44(61)54-34-21-23-36-37-24-22-35(28-41(37)60(40(36)27-34)29-30-17-19-33(20-18-30)50(51,52)53)55-45(62)39-16-10-26-59(39)47(64)43(57-49(66)68-2)32-13-7-4-8-14-32/h3-8,11-14,17-24,27-28,38-39,42-43H,9-10,15-16,25-26,29H2,1-2H3,(H,54,61)(H,55,62)(H,56,65)(H,57,66)/t38-,39-,42+,43+/m0/s1. The van der Waals surface area contributed by atoms with Crippen LogP contribution in [0.15, 0.2) is 121 Å². The van der Waals surface area contributed by atoms with E-state index < -0.39 is 71.7 Å². The summed E-state index contributed by atoms with van der Waals surface area (Å²) in [5, 5.41) is 12.6. The van der Waals surface area contributed by atoms with Gasteiger partial charge in [-0.2, -0.15) is 13.2 Å². The van der Waals surface area contributed by atoms with Gasteiger partial charge in [-0.25, -0.2) is 9.59 Å². The van der Waals surface area contributed by atoms with Gasteiger partial charge in [-0.05, 0) is 78.8 Å². The topological polar surface area (TPSA) is 180 Å². The van der Waals surface area contributed by atoms with Crippen LogP contribution < -0.4 is 21.3 Å². The Morgan fingerprint density at radius 1 is 0.603 bits per heavy atom. The minimum atomic E-state index is -4.54. The van der Waals surface area contributed by atoms with Gasteiger partial charge < -0.3 is 45.1 Å². The number of benzene rings is 5. The molecule has 352 valence electrons. The highest BCUT2D eigenvalue weighted by atomic mass is 19.4. The van der Waals surface area contributed by atoms with Crippen LogP contribution in [0.25, 0.3) is 21.8 Å². The van der Waals surface area contributed by atoms with E-state index in [0.29, 0.717) is 64.8 Å². The maximum atomic E-state index is 14.1. The Morgan fingerprint density at radius 2 is 1.03 bits per heavy atom. The van der Waals surface area contributed by atoms with Crippen LogP contribution in [0.1, 0.15) is 60.0 Å². The predicted octanol–water partition coefficient (Wildman–Crippen LogP) is 7.92. The Labute approximate surface area is 388 Å². The number of carbonyl (C=O) groups excluding carboxylic acids is 6. The van der Waals surface area contributed by atoms with Crippen LogP contribution in [0.3, 0.4) is 0 Å². The predicted molar refractivity (Wildman–Crippen MR) is 246 cm³/mol. The Morgan fingerprint density at radius 3 is 1.43 bits per heavy atom. The van der Waals surface area contributed by atoms with Crippen molar-refractivity contribution in [1.29, 1.82) is 0 Å². The minimum Gasteiger partial charge on any atom is -0.453 e. The van der Waals surface area contributed by atoms with Crippen LogP contribution in [0.5, 0.6) is 0 Å². The van der Waals surface area contributed by atoms with Gasteiger partial charge in [0.15, 0.2) is 0 Å². The van der Waals surface area contributed by atoms with E-state index in [1.54, 1.807) is 84.9 Å². The zero-order valence-corrected chi connectivity index (χ0v) is 37.0. The van der Waals surface area contributed by atoms with Crippen LogP contribution in [0, 0.1) is 0 Å². The number of nitrogens with one attached hydrogen (secondary N) is 4. The first kappa shape index (κ1) is 46.6. The summed E-state index contributed by atoms with van der Waals surface area (Å²) in [5.41, 5.74) is 2.78. The van der Waals surface area contributed by atoms with Crippen molar-refractivity contribution >= 4 is 69.0 Å². The number of methoxy groups -OCH3 is 2. The van der Waals surface area contributed by atoms with Crippen LogP contribution in [0.4, 0.5) is 34.1 Å². The number of hydrogen-bond acceptors (Lipinski definition) is 8. The fraction of sp³-hybridized carbons (Fsp3) is 0.280. The zero-order valence-electron chi connectivity index (χ0n) is 37.0. The molecule has 4 atom stereocenters. The van der Waals surface area contributed by atoms with E-state index in [-0.39, 0.29) is 19.6 Å². The van der Waals surface area contributed by atoms with Gasteiger partial charge in [0.2, 0.25) is 11.8 Å². The van der Waals surface area contributed by atoms with Crippen LogP contribution >= 0.6 is 0 Å². The quantitative estimate of drug-likeness (QED) is 0.0956. The summed E-state index contributed by atoms with van der Waals surface area (Å²) in [6.07, 6.45) is -4.33. The van der Waals surface area contributed by atoms with Gasteiger partial charge in [0.1, 0.15) is 24.2 Å². The number of hydrogen-bond donors (Lipinski definition) is 4. The molecule has 8 rings (SSSR count). The molecule has 0 saturated carbocycles. The molecule has 0 bridgehead atoms. The van der Waals surface area contributed by atoms with E-state index in [1.807, 2.05) is 16.7 Å². The molecule has 68 heavy (non-hydrogen) atoms. The number of ether oxygens (including phenoxy) is 2. The Balaban J connectivity index is 1.08. The summed E-state index contributed by atoms with van der Waals surface area (Å²) in [7, 11) is 2.38. The molecule has 2 fully saturated rings. The summed E-state index contributed by atoms with van der Waals surface area (Å²) in [5.74, 6) is -1.86. The van der Waals surface area contributed by atoms with E-state index in [0.717, 1.165) is 22.9 Å². The van der Waals surface area contributed by atoms with Crippen molar-refractivity contribution in [2.24, 2.45) is 0 Å². The maximum Gasteiger partial charge on any atom is 0.416 e. The van der Waals surface area contributed by atoms with Crippen molar-refractivity contribution in [3.05, 3.63) is 144 Å². The number of likely N-dealkylation sites (tertiary alicyclic amines) is 2. The number of alkyl carbamates (subject to hydrolysis) is 2. The van der Waals surface area contributed by atoms with Crippen molar-refractivity contribution < 1.29 is 51.4 Å². The Hall–Kier alpha value is -7.89. The summed E-state index contributed by atoms with van der Waals surface area (Å²) in [6.45, 7) is 0.654. The van der Waals surface area contributed by atoms with E-state index in [4.69, 9.17) is 9.47 Å². The number of aromatic nitrogens is 1. The molecule has 3 heterocycles. The van der Waals surface area contributed by atoms with Gasteiger partial charge in [0, 0.05) is 41.8 Å². The molecule has 0 aliphatic carbocycles. The molecule has 5 aromatic carbocycles. The third-order valence-corrected chi connectivity index (χ3v) is 12.4. The van der Waals surface area contributed by atoms with Crippen molar-refractivity contribution in [2.45, 2.75) is 62.6 Å². The van der Waals surface area contributed by atoms with Gasteiger partial charge in [-0.1, -0.05) is 84.9 Å². The van der Waals surface area contributed by atoms with Gasteiger partial charge in [0.25, 0.3) is 11.8 Å². The van der Waals surface area contributed by atoms with Gasteiger partial charge in [0.05, 0.1) is 30.8 Å². The highest BCUT2D eigenvalue weighted by molar-refractivity contribution is 6.11. The molecule has 6 aromatic rings. The molecule has 0 spiro atoms. The first-order valence-corrected chi connectivity index (χ1v) is 22.0. The summed E-state index contributed by atoms with van der Waals surface area (Å²) >= 11 is 0. The van der Waals surface area contributed by atoms with E-state index in [1.165, 1.54) is 36.2 Å². The second-order valence-electron chi connectivity index (χ2n) is 16.6. The highest BCUT2D eigenvalue weighted by Crippen LogP contribution is 2.36. The lowest BCUT2D eigenvalue weighted by atomic mass is 10.0. The Kier molecular flexibility index (Phi) is 13.7. The Bertz CT molecular complexity index is 2690. The van der Waals surface area contributed by atoms with E-state index in [2.05, 4.69) is 21.3 Å². The van der Waals surface area contributed by atoms with Crippen molar-refractivity contribution in [1.82, 2.24) is 25.0 Å². The average Bonchev–Trinajstić information content (AvgIpc) is 4.11. The molecular formula is C50H48F3N7O8. The summed E-state index contributed by atoms with van der Waals surface area (Å²) in [6, 6.07) is 28.7. The van der Waals surface area contributed by atoms with Gasteiger partial charge >= 0.3 is 18.4 Å². The third-order valence-electron chi connectivity index (χ3n) is 12.4. The second kappa shape index (κ2) is 19.9. The van der Waals surface area contributed by atoms with Crippen LogP contribution in [-0.4, -0.2) is 89.6 Å². The monoisotopic (exact) mass is 931 g/mol. The van der Waals surface area contributed by atoms with Gasteiger partial charge in [-0.15, -0.1) is 0 Å². The lowest BCUT2D eigenvalue weighted by Crippen LogP contribution is -2.48. The second-order valence-corrected chi connectivity index (χ2v) is 16.6. The highest BCUT2D eigenvalue weighted by Gasteiger charge is 2.40. The fourth-order valence-corrected chi connectivity index (χ4v) is 9.01. The lowest BCUT2D eigenvalue weighted by Gasteiger charge is -2.28. The molecule has 18 heteroatoms. The number of alkyl halides is 3.